The van der Waals surface area contributed by atoms with Crippen molar-refractivity contribution in [2.75, 3.05) is 0 Å². The summed E-state index contributed by atoms with van der Waals surface area (Å²) in [5, 5.41) is 0. The lowest BCUT2D eigenvalue weighted by molar-refractivity contribution is 1.07. The van der Waals surface area contributed by atoms with Crippen molar-refractivity contribution >= 4 is 15.9 Å². The van der Waals surface area contributed by atoms with Gasteiger partial charge in [-0.15, -0.1) is 0 Å². The van der Waals surface area contributed by atoms with Gasteiger partial charge in [0.25, 0.3) is 0 Å². The van der Waals surface area contributed by atoms with Gasteiger partial charge in [0.15, 0.2) is 0 Å². The van der Waals surface area contributed by atoms with Crippen LogP contribution in [-0.2, 0) is 6.54 Å². The number of nitrogens with two attached hydrogens (primary N) is 1. The summed E-state index contributed by atoms with van der Waals surface area (Å²) in [6.45, 7) is 2.70. The predicted molar refractivity (Wildman–Crippen MR) is 72.2 cm³/mol. The molecule has 0 bridgehead atoms. The molecular weight excluding hydrogens is 262 g/mol. The fraction of sp³-hybridized carbons (Fsp3) is 0.143. The molecule has 0 saturated heterocycles. The Morgan fingerprint density at radius 2 is 1.88 bits per heavy atom. The van der Waals surface area contributed by atoms with E-state index in [0.717, 1.165) is 10.0 Å². The van der Waals surface area contributed by atoms with E-state index < -0.39 is 0 Å². The summed E-state index contributed by atoms with van der Waals surface area (Å²) < 4.78 is 1.14. The monoisotopic (exact) mass is 275 g/mol. The predicted octanol–water partition coefficient (Wildman–Crippen LogP) is 3.88. The van der Waals surface area contributed by atoms with E-state index in [9.17, 15) is 0 Å². The minimum absolute atomic E-state index is 0.584. The molecule has 16 heavy (non-hydrogen) atoms. The fourth-order valence-corrected chi connectivity index (χ4v) is 2.15. The van der Waals surface area contributed by atoms with Gasteiger partial charge in [0, 0.05) is 11.0 Å². The first-order chi connectivity index (χ1) is 7.72. The quantitative estimate of drug-likeness (QED) is 0.885. The maximum absolute atomic E-state index is 5.66. The second-order valence-corrected chi connectivity index (χ2v) is 4.67. The number of hydrogen-bond acceptors (Lipinski definition) is 1. The second kappa shape index (κ2) is 4.81. The summed E-state index contributed by atoms with van der Waals surface area (Å²) in [5.41, 5.74) is 10.6. The summed E-state index contributed by atoms with van der Waals surface area (Å²) in [4.78, 5) is 0. The molecule has 1 nitrogen and oxygen atoms in total. The Labute approximate surface area is 104 Å². The van der Waals surface area contributed by atoms with Crippen LogP contribution in [0.3, 0.4) is 0 Å². The van der Waals surface area contributed by atoms with Crippen LogP contribution in [0.4, 0.5) is 0 Å². The van der Waals surface area contributed by atoms with E-state index in [2.05, 4.69) is 65.3 Å². The Bertz CT molecular complexity index is 506. The first-order valence-electron chi connectivity index (χ1n) is 5.27. The van der Waals surface area contributed by atoms with Gasteiger partial charge >= 0.3 is 0 Å². The molecule has 0 aliphatic heterocycles. The Balaban J connectivity index is 2.54. The molecule has 82 valence electrons. The van der Waals surface area contributed by atoms with Crippen molar-refractivity contribution < 1.29 is 0 Å². The van der Waals surface area contributed by atoms with Crippen molar-refractivity contribution in [1.82, 2.24) is 0 Å². The molecule has 0 saturated carbocycles. The summed E-state index contributed by atoms with van der Waals surface area (Å²) >= 11 is 3.55. The normalized spacial score (nSPS) is 10.4. The highest BCUT2D eigenvalue weighted by Gasteiger charge is 2.04. The van der Waals surface area contributed by atoms with Crippen molar-refractivity contribution in [1.29, 1.82) is 0 Å². The number of hydrogen-bond donors (Lipinski definition) is 1. The lowest BCUT2D eigenvalue weighted by Gasteiger charge is -2.09. The van der Waals surface area contributed by atoms with Gasteiger partial charge in [-0.1, -0.05) is 46.3 Å². The van der Waals surface area contributed by atoms with E-state index in [0.29, 0.717) is 6.54 Å². The third kappa shape index (κ3) is 2.18. The van der Waals surface area contributed by atoms with Crippen molar-refractivity contribution in [3.63, 3.8) is 0 Å². The van der Waals surface area contributed by atoms with Crippen LogP contribution in [0, 0.1) is 6.92 Å². The largest absolute Gasteiger partial charge is 0.326 e. The van der Waals surface area contributed by atoms with Gasteiger partial charge in [-0.05, 0) is 41.3 Å². The van der Waals surface area contributed by atoms with E-state index in [1.165, 1.54) is 16.7 Å². The standard InChI is InChI=1S/C14H14BrN/c1-10-13(6-3-7-14(10)15)12-5-2-4-11(8-12)9-16/h2-8H,9,16H2,1H3. The topological polar surface area (TPSA) is 26.0 Å². The Kier molecular flexibility index (Phi) is 3.42. The molecule has 0 aromatic heterocycles. The van der Waals surface area contributed by atoms with Crippen molar-refractivity contribution in [2.24, 2.45) is 5.73 Å². The molecule has 2 N–H and O–H groups in total. The average Bonchev–Trinajstić information content (AvgIpc) is 2.33. The highest BCUT2D eigenvalue weighted by Crippen LogP contribution is 2.28. The number of rotatable bonds is 2. The summed E-state index contributed by atoms with van der Waals surface area (Å²) in [6, 6.07) is 14.6. The average molecular weight is 276 g/mol. The Morgan fingerprint density at radius 1 is 1.12 bits per heavy atom. The molecule has 0 aliphatic carbocycles. The molecule has 0 heterocycles. The second-order valence-electron chi connectivity index (χ2n) is 3.82. The summed E-state index contributed by atoms with van der Waals surface area (Å²) in [6.07, 6.45) is 0. The van der Waals surface area contributed by atoms with E-state index in [1.54, 1.807) is 0 Å². The van der Waals surface area contributed by atoms with Gasteiger partial charge in [-0.3, -0.25) is 0 Å². The van der Waals surface area contributed by atoms with Crippen molar-refractivity contribution in [3.8, 4) is 11.1 Å². The first kappa shape index (κ1) is 11.4. The van der Waals surface area contributed by atoms with Crippen LogP contribution in [0.25, 0.3) is 11.1 Å². The number of benzene rings is 2. The van der Waals surface area contributed by atoms with Gasteiger partial charge in [0.2, 0.25) is 0 Å². The fourth-order valence-electron chi connectivity index (χ4n) is 1.79. The zero-order valence-electron chi connectivity index (χ0n) is 9.20. The Morgan fingerprint density at radius 3 is 2.62 bits per heavy atom. The highest BCUT2D eigenvalue weighted by molar-refractivity contribution is 9.10. The minimum atomic E-state index is 0.584. The lowest BCUT2D eigenvalue weighted by atomic mass is 9.99. The van der Waals surface area contributed by atoms with Crippen LogP contribution < -0.4 is 5.73 Å². The van der Waals surface area contributed by atoms with Gasteiger partial charge in [0.05, 0.1) is 0 Å². The van der Waals surface area contributed by atoms with Crippen LogP contribution in [0.1, 0.15) is 11.1 Å². The van der Waals surface area contributed by atoms with Crippen molar-refractivity contribution in [3.05, 3.63) is 58.1 Å². The Hall–Kier alpha value is -1.12. The van der Waals surface area contributed by atoms with Gasteiger partial charge in [-0.2, -0.15) is 0 Å². The molecule has 0 unspecified atom stereocenters. The van der Waals surface area contributed by atoms with Gasteiger partial charge in [0.1, 0.15) is 0 Å². The van der Waals surface area contributed by atoms with E-state index in [-0.39, 0.29) is 0 Å². The van der Waals surface area contributed by atoms with Crippen LogP contribution >= 0.6 is 15.9 Å². The minimum Gasteiger partial charge on any atom is -0.326 e. The zero-order valence-corrected chi connectivity index (χ0v) is 10.8. The SMILES string of the molecule is Cc1c(Br)cccc1-c1cccc(CN)c1. The van der Waals surface area contributed by atoms with E-state index in [4.69, 9.17) is 5.73 Å². The van der Waals surface area contributed by atoms with Gasteiger partial charge in [-0.25, -0.2) is 0 Å². The third-order valence-corrected chi connectivity index (χ3v) is 3.60. The zero-order chi connectivity index (χ0) is 11.5. The molecule has 2 aromatic carbocycles. The molecule has 0 aliphatic rings. The van der Waals surface area contributed by atoms with Crippen molar-refractivity contribution in [2.45, 2.75) is 13.5 Å². The van der Waals surface area contributed by atoms with Crippen LogP contribution in [0.15, 0.2) is 46.9 Å². The number of halogens is 1. The molecule has 0 spiro atoms. The molecular formula is C14H14BrN. The summed E-state index contributed by atoms with van der Waals surface area (Å²) in [7, 11) is 0. The van der Waals surface area contributed by atoms with Gasteiger partial charge < -0.3 is 5.73 Å². The third-order valence-electron chi connectivity index (χ3n) is 2.74. The maximum Gasteiger partial charge on any atom is 0.0210 e. The molecule has 2 rings (SSSR count). The summed E-state index contributed by atoms with van der Waals surface area (Å²) in [5.74, 6) is 0. The molecule has 0 fully saturated rings. The van der Waals surface area contributed by atoms with E-state index >= 15 is 0 Å². The first-order valence-corrected chi connectivity index (χ1v) is 6.06. The molecule has 0 amide bonds. The highest BCUT2D eigenvalue weighted by atomic mass is 79.9. The maximum atomic E-state index is 5.66. The molecule has 0 radical (unpaired) electrons. The molecule has 2 aromatic rings. The molecule has 0 atom stereocenters. The van der Waals surface area contributed by atoms with Crippen LogP contribution in [0.5, 0.6) is 0 Å². The van der Waals surface area contributed by atoms with E-state index in [1.807, 2.05) is 0 Å². The smallest absolute Gasteiger partial charge is 0.0210 e. The van der Waals surface area contributed by atoms with Crippen LogP contribution in [0.2, 0.25) is 0 Å². The molecule has 2 heteroatoms. The van der Waals surface area contributed by atoms with Crippen LogP contribution in [-0.4, -0.2) is 0 Å². The lowest BCUT2D eigenvalue weighted by Crippen LogP contribution is -1.96.